The van der Waals surface area contributed by atoms with Crippen LogP contribution in [-0.2, 0) is 14.3 Å². The number of carbonyl (C=O) groups is 2. The molecule has 4 rings (SSSR count). The van der Waals surface area contributed by atoms with Gasteiger partial charge >= 0.3 is 0 Å². The van der Waals surface area contributed by atoms with Crippen molar-refractivity contribution >= 4 is 40.7 Å². The maximum Gasteiger partial charge on any atom is 0.295 e. The average molecular weight is 464 g/mol. The van der Waals surface area contributed by atoms with Crippen LogP contribution < -0.4 is 9.47 Å². The van der Waals surface area contributed by atoms with Crippen molar-refractivity contribution in [2.75, 3.05) is 33.5 Å². The third kappa shape index (κ3) is 3.96. The number of carbonyl (C=O) groups excluding carboxylic acids is 2. The topological polar surface area (TPSA) is 85.3 Å². The summed E-state index contributed by atoms with van der Waals surface area (Å²) in [4.78, 5) is 27.1. The minimum Gasteiger partial charge on any atom is -0.507 e. The van der Waals surface area contributed by atoms with E-state index in [1.54, 1.807) is 30.3 Å². The molecule has 1 fully saturated rings. The van der Waals surface area contributed by atoms with Gasteiger partial charge in [-0.1, -0.05) is 29.3 Å². The molecule has 2 aromatic rings. The van der Waals surface area contributed by atoms with Gasteiger partial charge in [-0.2, -0.15) is 0 Å². The second kappa shape index (κ2) is 8.78. The van der Waals surface area contributed by atoms with E-state index >= 15 is 0 Å². The van der Waals surface area contributed by atoms with Crippen LogP contribution in [0.25, 0.3) is 5.76 Å². The molecule has 9 heteroatoms. The lowest BCUT2D eigenvalue weighted by Crippen LogP contribution is -2.32. The van der Waals surface area contributed by atoms with Crippen LogP contribution in [0.2, 0.25) is 10.0 Å². The molecule has 7 nitrogen and oxygen atoms in total. The summed E-state index contributed by atoms with van der Waals surface area (Å²) < 4.78 is 16.2. The first-order valence-electron chi connectivity index (χ1n) is 9.54. The Labute approximate surface area is 188 Å². The van der Waals surface area contributed by atoms with Crippen LogP contribution in [0.15, 0.2) is 42.0 Å². The summed E-state index contributed by atoms with van der Waals surface area (Å²) >= 11 is 12.4. The standard InChI is InChI=1S/C22H19Cl2NO6/c1-29-7-6-25-19(14-4-3-13(23)11-15(14)24)18(21(27)22(25)28)20(26)12-2-5-16-17(10-12)31-9-8-30-16/h2-5,10-11,19,26H,6-9H2,1H3. The molecule has 0 saturated carbocycles. The summed E-state index contributed by atoms with van der Waals surface area (Å²) in [5, 5.41) is 11.8. The second-order valence-corrected chi connectivity index (χ2v) is 7.85. The van der Waals surface area contributed by atoms with Gasteiger partial charge in [-0.3, -0.25) is 9.59 Å². The first kappa shape index (κ1) is 21.5. The fourth-order valence-electron chi connectivity index (χ4n) is 3.69. The minimum atomic E-state index is -0.895. The van der Waals surface area contributed by atoms with Gasteiger partial charge in [0.15, 0.2) is 11.5 Å². The van der Waals surface area contributed by atoms with E-state index in [4.69, 9.17) is 37.4 Å². The number of halogens is 2. The highest BCUT2D eigenvalue weighted by molar-refractivity contribution is 6.47. The summed E-state index contributed by atoms with van der Waals surface area (Å²) in [5.41, 5.74) is 0.728. The van der Waals surface area contributed by atoms with Crippen molar-refractivity contribution in [2.24, 2.45) is 0 Å². The van der Waals surface area contributed by atoms with Crippen LogP contribution in [0.1, 0.15) is 17.2 Å². The van der Waals surface area contributed by atoms with Crippen molar-refractivity contribution in [2.45, 2.75) is 6.04 Å². The minimum absolute atomic E-state index is 0.0676. The van der Waals surface area contributed by atoms with Crippen LogP contribution in [0.4, 0.5) is 0 Å². The fourth-order valence-corrected chi connectivity index (χ4v) is 4.20. The first-order chi connectivity index (χ1) is 14.9. The molecule has 31 heavy (non-hydrogen) atoms. The van der Waals surface area contributed by atoms with Crippen molar-refractivity contribution in [3.63, 3.8) is 0 Å². The van der Waals surface area contributed by atoms with Crippen molar-refractivity contribution in [1.82, 2.24) is 4.90 Å². The number of hydrogen-bond donors (Lipinski definition) is 1. The Morgan fingerprint density at radius 3 is 2.58 bits per heavy atom. The Morgan fingerprint density at radius 2 is 1.87 bits per heavy atom. The molecule has 2 heterocycles. The fraction of sp³-hybridized carbons (Fsp3) is 0.273. The molecule has 1 N–H and O–H groups in total. The van der Waals surface area contributed by atoms with E-state index in [0.29, 0.717) is 40.9 Å². The van der Waals surface area contributed by atoms with Crippen LogP contribution in [0.3, 0.4) is 0 Å². The maximum atomic E-state index is 13.0. The Bertz CT molecular complexity index is 1080. The lowest BCUT2D eigenvalue weighted by atomic mass is 9.95. The van der Waals surface area contributed by atoms with Gasteiger partial charge in [-0.05, 0) is 35.9 Å². The van der Waals surface area contributed by atoms with Crippen molar-refractivity contribution < 1.29 is 28.9 Å². The number of fused-ring (bicyclic) bond motifs is 1. The van der Waals surface area contributed by atoms with Crippen LogP contribution in [0, 0.1) is 0 Å². The van der Waals surface area contributed by atoms with E-state index in [2.05, 4.69) is 0 Å². The molecule has 1 atom stereocenters. The lowest BCUT2D eigenvalue weighted by Gasteiger charge is -2.26. The molecule has 1 saturated heterocycles. The Morgan fingerprint density at radius 1 is 1.13 bits per heavy atom. The molecule has 0 bridgehead atoms. The van der Waals surface area contributed by atoms with Crippen LogP contribution in [-0.4, -0.2) is 55.2 Å². The Kier molecular flexibility index (Phi) is 6.09. The van der Waals surface area contributed by atoms with E-state index in [1.807, 2.05) is 0 Å². The summed E-state index contributed by atoms with van der Waals surface area (Å²) in [6, 6.07) is 8.71. The number of methoxy groups -OCH3 is 1. The summed E-state index contributed by atoms with van der Waals surface area (Å²) in [6.07, 6.45) is 0. The maximum absolute atomic E-state index is 13.0. The molecular weight excluding hydrogens is 445 g/mol. The number of aliphatic hydroxyl groups is 1. The zero-order valence-corrected chi connectivity index (χ0v) is 18.1. The molecule has 2 aliphatic rings. The van der Waals surface area contributed by atoms with Gasteiger partial charge < -0.3 is 24.2 Å². The number of likely N-dealkylation sites (tertiary alicyclic amines) is 1. The van der Waals surface area contributed by atoms with Gasteiger partial charge in [0.05, 0.1) is 18.2 Å². The zero-order chi connectivity index (χ0) is 22.1. The lowest BCUT2D eigenvalue weighted by molar-refractivity contribution is -0.140. The number of ether oxygens (including phenoxy) is 3. The van der Waals surface area contributed by atoms with Crippen molar-refractivity contribution in [3.8, 4) is 11.5 Å². The van der Waals surface area contributed by atoms with E-state index in [0.717, 1.165) is 0 Å². The zero-order valence-electron chi connectivity index (χ0n) is 16.6. The predicted octanol–water partition coefficient (Wildman–Crippen LogP) is 3.83. The smallest absolute Gasteiger partial charge is 0.295 e. The second-order valence-electron chi connectivity index (χ2n) is 7.01. The highest BCUT2D eigenvalue weighted by atomic mass is 35.5. The SMILES string of the molecule is COCCN1C(=O)C(=O)C(=C(O)c2ccc3c(c2)OCCO3)C1c1ccc(Cl)cc1Cl. The number of rotatable bonds is 5. The van der Waals surface area contributed by atoms with Crippen LogP contribution >= 0.6 is 23.2 Å². The molecule has 0 aromatic heterocycles. The van der Waals surface area contributed by atoms with Crippen LogP contribution in [0.5, 0.6) is 11.5 Å². The highest BCUT2D eigenvalue weighted by Gasteiger charge is 2.46. The van der Waals surface area contributed by atoms with E-state index in [-0.39, 0.29) is 29.5 Å². The number of benzene rings is 2. The van der Waals surface area contributed by atoms with E-state index < -0.39 is 17.7 Å². The molecule has 0 radical (unpaired) electrons. The van der Waals surface area contributed by atoms with Crippen molar-refractivity contribution in [1.29, 1.82) is 0 Å². The normalized spacial score (nSPS) is 19.7. The largest absolute Gasteiger partial charge is 0.507 e. The number of nitrogens with zero attached hydrogens (tertiary/aromatic N) is 1. The number of ketones is 1. The van der Waals surface area contributed by atoms with Crippen molar-refractivity contribution in [3.05, 3.63) is 63.1 Å². The summed E-state index contributed by atoms with van der Waals surface area (Å²) in [5.74, 6) is -0.886. The van der Waals surface area contributed by atoms with Gasteiger partial charge in [0.25, 0.3) is 11.7 Å². The number of Topliss-reactive ketones (excluding diaryl/α,β-unsaturated/α-hetero) is 1. The van der Waals surface area contributed by atoms with E-state index in [1.165, 1.54) is 18.1 Å². The molecule has 2 aliphatic heterocycles. The number of aliphatic hydroxyl groups excluding tert-OH is 1. The molecule has 0 aliphatic carbocycles. The monoisotopic (exact) mass is 463 g/mol. The van der Waals surface area contributed by atoms with Gasteiger partial charge in [0.1, 0.15) is 19.0 Å². The number of amides is 1. The predicted molar refractivity (Wildman–Crippen MR) is 115 cm³/mol. The van der Waals surface area contributed by atoms with Gasteiger partial charge in [-0.15, -0.1) is 0 Å². The quantitative estimate of drug-likeness (QED) is 0.411. The third-order valence-corrected chi connectivity index (χ3v) is 5.71. The highest BCUT2D eigenvalue weighted by Crippen LogP contribution is 2.43. The summed E-state index contributed by atoms with van der Waals surface area (Å²) in [6.45, 7) is 1.15. The van der Waals surface area contributed by atoms with Gasteiger partial charge in [0.2, 0.25) is 0 Å². The molecule has 0 spiro atoms. The molecule has 2 aromatic carbocycles. The molecule has 1 unspecified atom stereocenters. The number of hydrogen-bond acceptors (Lipinski definition) is 6. The van der Waals surface area contributed by atoms with E-state index in [9.17, 15) is 14.7 Å². The third-order valence-electron chi connectivity index (χ3n) is 5.15. The van der Waals surface area contributed by atoms with Gasteiger partial charge in [-0.25, -0.2) is 0 Å². The molecule has 162 valence electrons. The Hall–Kier alpha value is -2.74. The first-order valence-corrected chi connectivity index (χ1v) is 10.3. The average Bonchev–Trinajstić information content (AvgIpc) is 3.01. The summed E-state index contributed by atoms with van der Waals surface area (Å²) in [7, 11) is 1.50. The molecule has 1 amide bonds. The Balaban J connectivity index is 1.86. The molecular formula is C22H19Cl2NO6. The van der Waals surface area contributed by atoms with Gasteiger partial charge in [0, 0.05) is 29.3 Å².